The van der Waals surface area contributed by atoms with Gasteiger partial charge >= 0.3 is 6.09 Å². The number of amides is 1. The lowest BCUT2D eigenvalue weighted by atomic mass is 10.2. The lowest BCUT2D eigenvalue weighted by Crippen LogP contribution is -2.15. The highest BCUT2D eigenvalue weighted by Crippen LogP contribution is 2.17. The molecule has 3 aromatic rings. The van der Waals surface area contributed by atoms with Gasteiger partial charge in [-0.1, -0.05) is 60.7 Å². The van der Waals surface area contributed by atoms with Gasteiger partial charge in [-0.05, 0) is 33.7 Å². The zero-order chi connectivity index (χ0) is 16.8. The summed E-state index contributed by atoms with van der Waals surface area (Å²) in [6.07, 6.45) is 1.38. The molecule has 0 radical (unpaired) electrons. The van der Waals surface area contributed by atoms with Gasteiger partial charge in [0.15, 0.2) is 5.82 Å². The quantitative estimate of drug-likeness (QED) is 0.612. The highest BCUT2D eigenvalue weighted by atomic mass is 127. The summed E-state index contributed by atoms with van der Waals surface area (Å²) in [5.41, 5.74) is 2.09. The van der Waals surface area contributed by atoms with Gasteiger partial charge < -0.3 is 4.74 Å². The number of hydrogen-bond donors (Lipinski definition) is 1. The van der Waals surface area contributed by atoms with Crippen molar-refractivity contribution in [2.24, 2.45) is 0 Å². The summed E-state index contributed by atoms with van der Waals surface area (Å²) >= 11 is 2.14. The minimum absolute atomic E-state index is 0.230. The average molecular weight is 433 g/mol. The first-order chi connectivity index (χ1) is 11.7. The van der Waals surface area contributed by atoms with Gasteiger partial charge in [-0.2, -0.15) is 5.10 Å². The zero-order valence-corrected chi connectivity index (χ0v) is 15.0. The molecule has 0 aliphatic rings. The van der Waals surface area contributed by atoms with Gasteiger partial charge in [0.1, 0.15) is 6.61 Å². The van der Waals surface area contributed by atoms with E-state index < -0.39 is 6.09 Å². The van der Waals surface area contributed by atoms with E-state index in [9.17, 15) is 4.79 Å². The SMILES string of the molecule is O=C(Nc1nn(Cc2ccccc2)cc1I)OCc1ccccc1. The highest BCUT2D eigenvalue weighted by Gasteiger charge is 2.11. The first kappa shape index (κ1) is 16.5. The molecule has 0 aliphatic heterocycles. The highest BCUT2D eigenvalue weighted by molar-refractivity contribution is 14.1. The molecule has 0 spiro atoms. The van der Waals surface area contributed by atoms with Crippen molar-refractivity contribution in [2.75, 3.05) is 5.32 Å². The topological polar surface area (TPSA) is 56.2 Å². The maximum Gasteiger partial charge on any atom is 0.413 e. The summed E-state index contributed by atoms with van der Waals surface area (Å²) in [6, 6.07) is 19.6. The van der Waals surface area contributed by atoms with Crippen LogP contribution >= 0.6 is 22.6 Å². The van der Waals surface area contributed by atoms with E-state index >= 15 is 0 Å². The van der Waals surface area contributed by atoms with Crippen molar-refractivity contribution in [3.8, 4) is 0 Å². The normalized spacial score (nSPS) is 10.4. The number of halogens is 1. The average Bonchev–Trinajstić information content (AvgIpc) is 2.94. The molecular formula is C18H16IN3O2. The van der Waals surface area contributed by atoms with Crippen LogP contribution in [0.25, 0.3) is 0 Å². The summed E-state index contributed by atoms with van der Waals surface area (Å²) in [6.45, 7) is 0.881. The van der Waals surface area contributed by atoms with Crippen LogP contribution in [0, 0.1) is 3.57 Å². The van der Waals surface area contributed by atoms with Crippen LogP contribution in [0.15, 0.2) is 66.9 Å². The third kappa shape index (κ3) is 4.58. The first-order valence-corrected chi connectivity index (χ1v) is 8.53. The molecule has 24 heavy (non-hydrogen) atoms. The Bertz CT molecular complexity index is 804. The molecule has 6 heteroatoms. The molecule has 1 aromatic heterocycles. The fourth-order valence-corrected chi connectivity index (χ4v) is 2.75. The summed E-state index contributed by atoms with van der Waals surface area (Å²) in [5.74, 6) is 0.504. The number of hydrogen-bond acceptors (Lipinski definition) is 3. The van der Waals surface area contributed by atoms with Crippen molar-refractivity contribution in [1.82, 2.24) is 9.78 Å². The van der Waals surface area contributed by atoms with Crippen LogP contribution in [0.3, 0.4) is 0 Å². The molecule has 5 nitrogen and oxygen atoms in total. The number of carbonyl (C=O) groups is 1. The zero-order valence-electron chi connectivity index (χ0n) is 12.9. The summed E-state index contributed by atoms with van der Waals surface area (Å²) in [7, 11) is 0. The maximum atomic E-state index is 11.9. The molecule has 0 atom stereocenters. The first-order valence-electron chi connectivity index (χ1n) is 7.45. The van der Waals surface area contributed by atoms with Crippen molar-refractivity contribution in [3.63, 3.8) is 0 Å². The Hall–Kier alpha value is -2.35. The van der Waals surface area contributed by atoms with Crippen LogP contribution in [0.4, 0.5) is 10.6 Å². The molecule has 0 saturated heterocycles. The van der Waals surface area contributed by atoms with Gasteiger partial charge in [0, 0.05) is 6.20 Å². The second kappa shape index (κ2) is 7.96. The standard InChI is InChI=1S/C18H16IN3O2/c19-16-12-22(11-14-7-3-1-4-8-14)21-17(16)20-18(23)24-13-15-9-5-2-6-10-15/h1-10,12H,11,13H2,(H,20,21,23). The molecule has 1 N–H and O–H groups in total. The summed E-state index contributed by atoms with van der Waals surface area (Å²) < 4.78 is 7.87. The van der Waals surface area contributed by atoms with Gasteiger partial charge in [-0.3, -0.25) is 10.00 Å². The number of aromatic nitrogens is 2. The minimum Gasteiger partial charge on any atom is -0.444 e. The van der Waals surface area contributed by atoms with Crippen LogP contribution < -0.4 is 5.32 Å². The predicted octanol–water partition coefficient (Wildman–Crippen LogP) is 4.28. The number of rotatable bonds is 5. The molecule has 1 heterocycles. The van der Waals surface area contributed by atoms with Gasteiger partial charge in [0.25, 0.3) is 0 Å². The van der Waals surface area contributed by atoms with E-state index in [-0.39, 0.29) is 6.61 Å². The second-order valence-electron chi connectivity index (χ2n) is 5.20. The minimum atomic E-state index is -0.512. The van der Waals surface area contributed by atoms with Crippen molar-refractivity contribution in [3.05, 3.63) is 81.6 Å². The molecule has 2 aromatic carbocycles. The maximum absolute atomic E-state index is 11.9. The smallest absolute Gasteiger partial charge is 0.413 e. The number of nitrogens with zero attached hydrogens (tertiary/aromatic N) is 2. The Morgan fingerprint density at radius 3 is 2.33 bits per heavy atom. The van der Waals surface area contributed by atoms with E-state index in [1.165, 1.54) is 0 Å². The van der Waals surface area contributed by atoms with E-state index in [1.807, 2.05) is 66.9 Å². The molecule has 3 rings (SSSR count). The summed E-state index contributed by atoms with van der Waals surface area (Å²) in [4.78, 5) is 11.9. The number of anilines is 1. The van der Waals surface area contributed by atoms with E-state index in [2.05, 4.69) is 33.0 Å². The monoisotopic (exact) mass is 433 g/mol. The van der Waals surface area contributed by atoms with E-state index in [4.69, 9.17) is 4.74 Å². The molecule has 122 valence electrons. The van der Waals surface area contributed by atoms with Crippen molar-refractivity contribution >= 4 is 34.5 Å². The van der Waals surface area contributed by atoms with Crippen LogP contribution in [-0.4, -0.2) is 15.9 Å². The van der Waals surface area contributed by atoms with Gasteiger partial charge in [-0.15, -0.1) is 0 Å². The molecule has 0 unspecified atom stereocenters. The fraction of sp³-hybridized carbons (Fsp3) is 0.111. The summed E-state index contributed by atoms with van der Waals surface area (Å²) in [5, 5.41) is 7.08. The Morgan fingerprint density at radius 1 is 1.04 bits per heavy atom. The Balaban J connectivity index is 1.58. The van der Waals surface area contributed by atoms with Gasteiger partial charge in [0.2, 0.25) is 0 Å². The van der Waals surface area contributed by atoms with E-state index in [0.717, 1.165) is 14.7 Å². The molecule has 0 saturated carbocycles. The second-order valence-corrected chi connectivity index (χ2v) is 6.36. The molecule has 0 bridgehead atoms. The van der Waals surface area contributed by atoms with Gasteiger partial charge in [-0.25, -0.2) is 4.79 Å². The van der Waals surface area contributed by atoms with Gasteiger partial charge in [0.05, 0.1) is 10.1 Å². The third-order valence-electron chi connectivity index (χ3n) is 3.34. The number of benzene rings is 2. The van der Waals surface area contributed by atoms with Crippen LogP contribution in [0.5, 0.6) is 0 Å². The molecule has 0 aliphatic carbocycles. The molecule has 1 amide bonds. The van der Waals surface area contributed by atoms with Crippen molar-refractivity contribution in [1.29, 1.82) is 0 Å². The number of carbonyl (C=O) groups excluding carboxylic acids is 1. The lowest BCUT2D eigenvalue weighted by molar-refractivity contribution is 0.155. The number of nitrogens with one attached hydrogen (secondary N) is 1. The van der Waals surface area contributed by atoms with E-state index in [1.54, 1.807) is 4.68 Å². The third-order valence-corrected chi connectivity index (χ3v) is 4.13. The Kier molecular flexibility index (Phi) is 5.47. The largest absolute Gasteiger partial charge is 0.444 e. The Labute approximate surface area is 153 Å². The number of ether oxygens (including phenoxy) is 1. The lowest BCUT2D eigenvalue weighted by Gasteiger charge is -2.05. The molecule has 0 fully saturated rings. The van der Waals surface area contributed by atoms with Crippen molar-refractivity contribution in [2.45, 2.75) is 13.2 Å². The fourth-order valence-electron chi connectivity index (χ4n) is 2.19. The van der Waals surface area contributed by atoms with E-state index in [0.29, 0.717) is 12.4 Å². The predicted molar refractivity (Wildman–Crippen MR) is 101 cm³/mol. The molecular weight excluding hydrogens is 417 g/mol. The van der Waals surface area contributed by atoms with Crippen LogP contribution in [-0.2, 0) is 17.9 Å². The van der Waals surface area contributed by atoms with Crippen molar-refractivity contribution < 1.29 is 9.53 Å². The Morgan fingerprint density at radius 2 is 1.67 bits per heavy atom. The van der Waals surface area contributed by atoms with Crippen LogP contribution in [0.2, 0.25) is 0 Å². The van der Waals surface area contributed by atoms with Crippen LogP contribution in [0.1, 0.15) is 11.1 Å².